The van der Waals surface area contributed by atoms with Crippen LogP contribution in [0.4, 0.5) is 0 Å². The number of rotatable bonds is 3. The monoisotopic (exact) mass is 231 g/mol. The molecule has 0 unspecified atom stereocenters. The van der Waals surface area contributed by atoms with E-state index in [1.165, 1.54) is 0 Å². The van der Waals surface area contributed by atoms with Gasteiger partial charge in [-0.1, -0.05) is 0 Å². The third-order valence-electron chi connectivity index (χ3n) is 1.18. The van der Waals surface area contributed by atoms with Gasteiger partial charge in [0.15, 0.2) is 5.11 Å². The molecule has 6 heteroatoms. The van der Waals surface area contributed by atoms with Gasteiger partial charge in [-0.25, -0.2) is 0 Å². The van der Waals surface area contributed by atoms with Crippen molar-refractivity contribution in [1.82, 2.24) is 5.43 Å². The van der Waals surface area contributed by atoms with Gasteiger partial charge >= 0.3 is 5.97 Å². The molecule has 15 heavy (non-hydrogen) atoms. The van der Waals surface area contributed by atoms with E-state index >= 15 is 0 Å². The molecule has 0 rings (SSSR count). The normalized spacial score (nSPS) is 12.1. The molecule has 0 amide bonds. The molecule has 0 heterocycles. The number of hydrogen-bond donors (Lipinski definition) is 2. The standard InChI is InChI=1S/C9H17N3O2S/c1-6(11-12-8(10)15)5-7(13)14-9(2,3)4/h5H2,1-4H3,(H3,10,12,15). The fraction of sp³-hybridized carbons (Fsp3) is 0.667. The number of thiocarbonyl (C=S) groups is 1. The Morgan fingerprint density at radius 3 is 2.47 bits per heavy atom. The highest BCUT2D eigenvalue weighted by molar-refractivity contribution is 7.80. The van der Waals surface area contributed by atoms with E-state index in [1.807, 2.05) is 20.8 Å². The maximum Gasteiger partial charge on any atom is 0.312 e. The number of nitrogens with two attached hydrogens (primary N) is 1. The van der Waals surface area contributed by atoms with Gasteiger partial charge in [0, 0.05) is 5.71 Å². The van der Waals surface area contributed by atoms with Gasteiger partial charge in [0.25, 0.3) is 0 Å². The fourth-order valence-corrected chi connectivity index (χ4v) is 0.822. The van der Waals surface area contributed by atoms with Crippen LogP contribution in [0.3, 0.4) is 0 Å². The molecule has 86 valence electrons. The number of hydrogen-bond acceptors (Lipinski definition) is 4. The van der Waals surface area contributed by atoms with Crippen LogP contribution in [0.5, 0.6) is 0 Å². The lowest BCUT2D eigenvalue weighted by Crippen LogP contribution is -2.27. The van der Waals surface area contributed by atoms with Crippen molar-refractivity contribution < 1.29 is 9.53 Å². The molecular weight excluding hydrogens is 214 g/mol. The average molecular weight is 231 g/mol. The van der Waals surface area contributed by atoms with Gasteiger partial charge in [-0.15, -0.1) is 0 Å². The first kappa shape index (κ1) is 13.8. The molecule has 0 aromatic carbocycles. The van der Waals surface area contributed by atoms with Crippen LogP contribution >= 0.6 is 12.2 Å². The number of hydrazone groups is 1. The number of ether oxygens (including phenoxy) is 1. The molecule has 0 aliphatic heterocycles. The Hall–Kier alpha value is -1.17. The van der Waals surface area contributed by atoms with Crippen LogP contribution in [0.15, 0.2) is 5.10 Å². The van der Waals surface area contributed by atoms with Crippen LogP contribution in [0.1, 0.15) is 34.1 Å². The molecule has 0 aromatic rings. The number of nitrogens with one attached hydrogen (secondary N) is 1. The summed E-state index contributed by atoms with van der Waals surface area (Å²) in [5, 5.41) is 3.86. The summed E-state index contributed by atoms with van der Waals surface area (Å²) in [7, 11) is 0. The van der Waals surface area contributed by atoms with E-state index in [0.717, 1.165) is 0 Å². The van der Waals surface area contributed by atoms with Gasteiger partial charge in [-0.05, 0) is 39.9 Å². The number of carbonyl (C=O) groups is 1. The summed E-state index contributed by atoms with van der Waals surface area (Å²) < 4.78 is 5.10. The Bertz CT molecular complexity index is 282. The van der Waals surface area contributed by atoms with E-state index in [0.29, 0.717) is 5.71 Å². The second-order valence-corrected chi connectivity index (χ2v) is 4.53. The minimum Gasteiger partial charge on any atom is -0.460 e. The molecule has 0 spiro atoms. The Kier molecular flexibility index (Phi) is 5.21. The molecule has 0 atom stereocenters. The largest absolute Gasteiger partial charge is 0.460 e. The smallest absolute Gasteiger partial charge is 0.312 e. The molecule has 0 saturated carbocycles. The van der Waals surface area contributed by atoms with Crippen molar-refractivity contribution in [2.75, 3.05) is 0 Å². The molecular formula is C9H17N3O2S. The van der Waals surface area contributed by atoms with E-state index in [2.05, 4.69) is 22.7 Å². The van der Waals surface area contributed by atoms with Crippen LogP contribution < -0.4 is 11.2 Å². The zero-order valence-electron chi connectivity index (χ0n) is 9.46. The van der Waals surface area contributed by atoms with Crippen molar-refractivity contribution in [1.29, 1.82) is 0 Å². The fourth-order valence-electron chi connectivity index (χ4n) is 0.777. The predicted octanol–water partition coefficient (Wildman–Crippen LogP) is 0.927. The molecule has 0 aromatic heterocycles. The van der Waals surface area contributed by atoms with E-state index in [9.17, 15) is 4.79 Å². The van der Waals surface area contributed by atoms with Gasteiger partial charge in [-0.2, -0.15) is 5.10 Å². The molecule has 3 N–H and O–H groups in total. The molecule has 0 aliphatic carbocycles. The topological polar surface area (TPSA) is 76.7 Å². The number of nitrogens with zero attached hydrogens (tertiary/aromatic N) is 1. The predicted molar refractivity (Wildman–Crippen MR) is 63.5 cm³/mol. The first-order valence-corrected chi connectivity index (χ1v) is 4.92. The van der Waals surface area contributed by atoms with Crippen molar-refractivity contribution >= 4 is 29.0 Å². The summed E-state index contributed by atoms with van der Waals surface area (Å²) in [6.07, 6.45) is 0.118. The van der Waals surface area contributed by atoms with Gasteiger partial charge < -0.3 is 10.5 Å². The Labute approximate surface area is 95.0 Å². The van der Waals surface area contributed by atoms with Crippen LogP contribution in [-0.4, -0.2) is 22.4 Å². The third kappa shape index (κ3) is 9.14. The average Bonchev–Trinajstić information content (AvgIpc) is 1.96. The zero-order valence-corrected chi connectivity index (χ0v) is 10.3. The minimum absolute atomic E-state index is 0.0681. The van der Waals surface area contributed by atoms with Crippen molar-refractivity contribution in [3.8, 4) is 0 Å². The van der Waals surface area contributed by atoms with Gasteiger partial charge in [0.05, 0.1) is 6.42 Å². The SMILES string of the molecule is CC(CC(=O)OC(C)(C)C)=NNC(N)=S. The molecule has 0 saturated heterocycles. The van der Waals surface area contributed by atoms with Crippen LogP contribution in [0.25, 0.3) is 0 Å². The Balaban J connectivity index is 4.07. The van der Waals surface area contributed by atoms with Gasteiger partial charge in [0.1, 0.15) is 5.60 Å². The number of carbonyl (C=O) groups excluding carboxylic acids is 1. The van der Waals surface area contributed by atoms with Crippen molar-refractivity contribution in [2.24, 2.45) is 10.8 Å². The van der Waals surface area contributed by atoms with Crippen molar-refractivity contribution in [2.45, 2.75) is 39.7 Å². The summed E-state index contributed by atoms with van der Waals surface area (Å²) in [5.74, 6) is -0.325. The molecule has 0 aliphatic rings. The lowest BCUT2D eigenvalue weighted by Gasteiger charge is -2.19. The van der Waals surface area contributed by atoms with E-state index in [4.69, 9.17) is 10.5 Å². The first-order chi connectivity index (χ1) is 6.70. The third-order valence-corrected chi connectivity index (χ3v) is 1.27. The summed E-state index contributed by atoms with van der Waals surface area (Å²) in [6.45, 7) is 7.12. The second kappa shape index (κ2) is 5.65. The Morgan fingerprint density at radius 2 is 2.07 bits per heavy atom. The van der Waals surface area contributed by atoms with Crippen LogP contribution in [0.2, 0.25) is 0 Å². The van der Waals surface area contributed by atoms with Crippen molar-refractivity contribution in [3.05, 3.63) is 0 Å². The number of esters is 1. The summed E-state index contributed by atoms with van der Waals surface area (Å²) >= 11 is 4.56. The second-order valence-electron chi connectivity index (χ2n) is 4.09. The zero-order chi connectivity index (χ0) is 12.1. The van der Waals surface area contributed by atoms with E-state index in [1.54, 1.807) is 6.92 Å². The highest BCUT2D eigenvalue weighted by Crippen LogP contribution is 2.08. The van der Waals surface area contributed by atoms with E-state index in [-0.39, 0.29) is 17.5 Å². The lowest BCUT2D eigenvalue weighted by molar-refractivity contribution is -0.153. The summed E-state index contributed by atoms with van der Waals surface area (Å²) in [4.78, 5) is 11.3. The van der Waals surface area contributed by atoms with Crippen molar-refractivity contribution in [3.63, 3.8) is 0 Å². The maximum atomic E-state index is 11.3. The van der Waals surface area contributed by atoms with E-state index < -0.39 is 5.60 Å². The van der Waals surface area contributed by atoms with Gasteiger partial charge in [0.2, 0.25) is 0 Å². The Morgan fingerprint density at radius 1 is 1.53 bits per heavy atom. The summed E-state index contributed by atoms with van der Waals surface area (Å²) in [6, 6.07) is 0. The highest BCUT2D eigenvalue weighted by Gasteiger charge is 2.16. The quantitative estimate of drug-likeness (QED) is 0.327. The molecule has 0 fully saturated rings. The maximum absolute atomic E-state index is 11.3. The van der Waals surface area contributed by atoms with Gasteiger partial charge in [-0.3, -0.25) is 10.2 Å². The van der Waals surface area contributed by atoms with Crippen LogP contribution in [0, 0.1) is 0 Å². The molecule has 0 bridgehead atoms. The van der Waals surface area contributed by atoms with Crippen LogP contribution in [-0.2, 0) is 9.53 Å². The summed E-state index contributed by atoms with van der Waals surface area (Å²) in [5.41, 5.74) is 7.66. The molecule has 0 radical (unpaired) electrons. The first-order valence-electron chi connectivity index (χ1n) is 4.51. The molecule has 5 nitrogen and oxygen atoms in total. The lowest BCUT2D eigenvalue weighted by atomic mass is 10.2. The minimum atomic E-state index is -0.478. The highest BCUT2D eigenvalue weighted by atomic mass is 32.1.